The molecule has 2 amide bonds. The Morgan fingerprint density at radius 2 is 0.760 bits per heavy atom. The summed E-state index contributed by atoms with van der Waals surface area (Å²) in [7, 11) is 0. The second-order valence-corrected chi connectivity index (χ2v) is 16.7. The number of benzene rings is 2. The fraction of sp³-hybridized carbons (Fsp3) is 0.545. The van der Waals surface area contributed by atoms with E-state index in [2.05, 4.69) is 62.4 Å². The molecule has 2 aliphatic heterocycles. The SMILES string of the molecule is CCCCCCCCCCCCN1C(=O)/C(=C2/C(=O)N(CCCCCCCCCCCC)c3c2sc2ccccc32)c2sc3ccccc3c21. The number of hydrogen-bond donors (Lipinski definition) is 0. The minimum absolute atomic E-state index is 0.0143. The van der Waals surface area contributed by atoms with E-state index >= 15 is 0 Å². The molecular weight excluding hydrogens is 653 g/mol. The van der Waals surface area contributed by atoms with Gasteiger partial charge in [-0.15, -0.1) is 22.7 Å². The molecule has 0 saturated heterocycles. The number of thiophene rings is 2. The van der Waals surface area contributed by atoms with E-state index in [0.29, 0.717) is 24.2 Å². The summed E-state index contributed by atoms with van der Waals surface area (Å²) in [4.78, 5) is 35.2. The van der Waals surface area contributed by atoms with Crippen LogP contribution in [0.4, 0.5) is 11.4 Å². The first kappa shape index (κ1) is 36.8. The number of carbonyl (C=O) groups excluding carboxylic acids is 2. The predicted molar refractivity (Wildman–Crippen MR) is 219 cm³/mol. The Hall–Kier alpha value is -2.96. The highest BCUT2D eigenvalue weighted by molar-refractivity contribution is 7.23. The molecule has 0 bridgehead atoms. The van der Waals surface area contributed by atoms with Gasteiger partial charge in [0.25, 0.3) is 11.8 Å². The molecule has 268 valence electrons. The van der Waals surface area contributed by atoms with E-state index in [1.165, 1.54) is 112 Å². The van der Waals surface area contributed by atoms with Crippen LogP contribution in [0.15, 0.2) is 48.5 Å². The highest BCUT2D eigenvalue weighted by Crippen LogP contribution is 2.55. The van der Waals surface area contributed by atoms with Crippen molar-refractivity contribution in [1.29, 1.82) is 0 Å². The van der Waals surface area contributed by atoms with E-state index in [1.54, 1.807) is 22.7 Å². The summed E-state index contributed by atoms with van der Waals surface area (Å²) in [5.41, 5.74) is 3.32. The Balaban J connectivity index is 1.19. The van der Waals surface area contributed by atoms with E-state index in [-0.39, 0.29) is 11.8 Å². The molecule has 4 nitrogen and oxygen atoms in total. The first-order valence-corrected chi connectivity index (χ1v) is 21.7. The third-order valence-electron chi connectivity index (χ3n) is 10.8. The Kier molecular flexibility index (Phi) is 13.6. The third-order valence-corrected chi connectivity index (χ3v) is 13.1. The summed E-state index contributed by atoms with van der Waals surface area (Å²) in [6.07, 6.45) is 25.3. The van der Waals surface area contributed by atoms with Crippen LogP contribution in [0, 0.1) is 0 Å². The van der Waals surface area contributed by atoms with Crippen molar-refractivity contribution in [3.63, 3.8) is 0 Å². The number of fused-ring (bicyclic) bond motifs is 6. The zero-order valence-electron chi connectivity index (χ0n) is 30.7. The average molecular weight is 711 g/mol. The molecule has 0 spiro atoms. The lowest BCUT2D eigenvalue weighted by atomic mass is 10.1. The van der Waals surface area contributed by atoms with E-state index in [1.807, 2.05) is 9.80 Å². The lowest BCUT2D eigenvalue weighted by Crippen LogP contribution is -2.30. The molecule has 2 aromatic heterocycles. The summed E-state index contributed by atoms with van der Waals surface area (Å²) >= 11 is 3.36. The zero-order chi connectivity index (χ0) is 34.7. The van der Waals surface area contributed by atoms with Gasteiger partial charge in [-0.05, 0) is 25.0 Å². The minimum Gasteiger partial charge on any atom is -0.306 e. The van der Waals surface area contributed by atoms with Gasteiger partial charge in [0.2, 0.25) is 0 Å². The Labute approximate surface area is 308 Å². The highest BCUT2D eigenvalue weighted by atomic mass is 32.1. The third kappa shape index (κ3) is 8.23. The number of carbonyl (C=O) groups is 2. The molecule has 0 aliphatic carbocycles. The normalized spacial score (nSPS) is 15.7. The summed E-state index contributed by atoms with van der Waals surface area (Å²) in [6.45, 7) is 5.95. The van der Waals surface area contributed by atoms with Gasteiger partial charge in [0.15, 0.2) is 0 Å². The van der Waals surface area contributed by atoms with E-state index in [4.69, 9.17) is 0 Å². The Morgan fingerprint density at radius 1 is 0.440 bits per heavy atom. The van der Waals surface area contributed by atoms with Crippen molar-refractivity contribution in [1.82, 2.24) is 0 Å². The summed E-state index contributed by atoms with van der Waals surface area (Å²) < 4.78 is 2.36. The minimum atomic E-state index is 0.0143. The van der Waals surface area contributed by atoms with Crippen molar-refractivity contribution in [2.45, 2.75) is 142 Å². The summed E-state index contributed by atoms with van der Waals surface area (Å²) in [5, 5.41) is 2.26. The molecule has 0 unspecified atom stereocenters. The van der Waals surface area contributed by atoms with E-state index in [9.17, 15) is 9.59 Å². The molecule has 6 heteroatoms. The second kappa shape index (κ2) is 18.5. The van der Waals surface area contributed by atoms with Crippen LogP contribution in [0.5, 0.6) is 0 Å². The van der Waals surface area contributed by atoms with Crippen LogP contribution in [0.3, 0.4) is 0 Å². The maximum absolute atomic E-state index is 14.6. The number of unbranched alkanes of at least 4 members (excludes halogenated alkanes) is 18. The quantitative estimate of drug-likeness (QED) is 0.0602. The predicted octanol–water partition coefficient (Wildman–Crippen LogP) is 13.6. The van der Waals surface area contributed by atoms with Gasteiger partial charge in [0.05, 0.1) is 32.3 Å². The summed E-state index contributed by atoms with van der Waals surface area (Å²) in [6, 6.07) is 16.9. The van der Waals surface area contributed by atoms with Crippen molar-refractivity contribution < 1.29 is 9.59 Å². The van der Waals surface area contributed by atoms with Crippen molar-refractivity contribution in [3.05, 3.63) is 58.3 Å². The monoisotopic (exact) mass is 710 g/mol. The Morgan fingerprint density at radius 3 is 1.12 bits per heavy atom. The van der Waals surface area contributed by atoms with Gasteiger partial charge in [-0.1, -0.05) is 166 Å². The molecule has 0 N–H and O–H groups in total. The molecule has 0 atom stereocenters. The fourth-order valence-corrected chi connectivity index (χ4v) is 10.5. The molecular formula is C44H58N2O2S2. The van der Waals surface area contributed by atoms with Crippen LogP contribution in [0.1, 0.15) is 152 Å². The first-order valence-electron chi connectivity index (χ1n) is 20.1. The summed E-state index contributed by atoms with van der Waals surface area (Å²) in [5.74, 6) is 0.0286. The van der Waals surface area contributed by atoms with Crippen molar-refractivity contribution in [3.8, 4) is 0 Å². The molecule has 50 heavy (non-hydrogen) atoms. The van der Waals surface area contributed by atoms with E-state index in [0.717, 1.165) is 57.6 Å². The number of hydrogen-bond acceptors (Lipinski definition) is 4. The lowest BCUT2D eigenvalue weighted by Gasteiger charge is -2.18. The molecule has 2 aromatic carbocycles. The van der Waals surface area contributed by atoms with Crippen LogP contribution in [0.25, 0.3) is 31.3 Å². The maximum atomic E-state index is 14.6. The molecule has 2 aliphatic rings. The smallest absolute Gasteiger partial charge is 0.260 e. The van der Waals surface area contributed by atoms with Gasteiger partial charge < -0.3 is 9.80 Å². The van der Waals surface area contributed by atoms with Gasteiger partial charge in [-0.3, -0.25) is 9.59 Å². The van der Waals surface area contributed by atoms with Crippen LogP contribution in [-0.4, -0.2) is 24.9 Å². The number of amides is 2. The van der Waals surface area contributed by atoms with Gasteiger partial charge in [0, 0.05) is 33.3 Å². The fourth-order valence-electron chi connectivity index (χ4n) is 7.99. The van der Waals surface area contributed by atoms with Crippen LogP contribution < -0.4 is 9.80 Å². The van der Waals surface area contributed by atoms with Gasteiger partial charge in [-0.25, -0.2) is 0 Å². The maximum Gasteiger partial charge on any atom is 0.260 e. The average Bonchev–Trinajstić information content (AvgIpc) is 3.83. The van der Waals surface area contributed by atoms with Crippen LogP contribution in [-0.2, 0) is 9.59 Å². The van der Waals surface area contributed by atoms with Gasteiger partial charge in [0.1, 0.15) is 0 Å². The lowest BCUT2D eigenvalue weighted by molar-refractivity contribution is -0.114. The molecule has 6 rings (SSSR count). The number of rotatable bonds is 22. The Bertz CT molecular complexity index is 1640. The van der Waals surface area contributed by atoms with Gasteiger partial charge >= 0.3 is 0 Å². The van der Waals surface area contributed by atoms with Crippen LogP contribution >= 0.6 is 22.7 Å². The van der Waals surface area contributed by atoms with Gasteiger partial charge in [-0.2, -0.15) is 0 Å². The van der Waals surface area contributed by atoms with Crippen LogP contribution in [0.2, 0.25) is 0 Å². The van der Waals surface area contributed by atoms with Crippen molar-refractivity contribution >= 4 is 77.2 Å². The first-order chi connectivity index (χ1) is 24.7. The molecule has 0 radical (unpaired) electrons. The largest absolute Gasteiger partial charge is 0.306 e. The van der Waals surface area contributed by atoms with E-state index < -0.39 is 0 Å². The standard InChI is InChI=1S/C44H58N2O2S2/c1-3-5-7-9-11-13-15-17-19-25-31-45-39-33-27-21-23-29-35(33)49-41(39)37(43(45)47)38-42-40(34-28-22-24-30-36(34)50-42)46(44(38)48)32-26-20-18-16-14-12-10-8-6-4-2/h21-24,27-30H,3-20,25-26,31-32H2,1-2H3/b38-37+. The van der Waals surface area contributed by atoms with Crippen molar-refractivity contribution in [2.24, 2.45) is 0 Å². The number of anilines is 2. The zero-order valence-corrected chi connectivity index (χ0v) is 32.3. The van der Waals surface area contributed by atoms with Crippen molar-refractivity contribution in [2.75, 3.05) is 22.9 Å². The topological polar surface area (TPSA) is 40.6 Å². The molecule has 4 heterocycles. The highest BCUT2D eigenvalue weighted by Gasteiger charge is 2.45. The molecule has 0 saturated carbocycles. The molecule has 0 fully saturated rings. The number of nitrogens with zero attached hydrogens (tertiary/aromatic N) is 2. The second-order valence-electron chi connectivity index (χ2n) is 14.6. The molecule has 4 aromatic rings.